The molecule has 0 amide bonds. The molecule has 1 heterocycles. The molecule has 0 aromatic rings. The van der Waals surface area contributed by atoms with Crippen LogP contribution >= 0.6 is 0 Å². The van der Waals surface area contributed by atoms with Crippen LogP contribution in [0.4, 0.5) is 0 Å². The van der Waals surface area contributed by atoms with E-state index in [1.54, 1.807) is 0 Å². The van der Waals surface area contributed by atoms with E-state index in [0.717, 1.165) is 45.4 Å². The summed E-state index contributed by atoms with van der Waals surface area (Å²) in [5, 5.41) is 0. The highest BCUT2D eigenvalue weighted by atomic mass is 16.5. The molecule has 1 aliphatic heterocycles. The largest absolute Gasteiger partial charge is 0.469 e. The van der Waals surface area contributed by atoms with Crippen LogP contribution in [-0.4, -0.2) is 50.8 Å². The summed E-state index contributed by atoms with van der Waals surface area (Å²) >= 11 is 0. The molecule has 92 valence electrons. The lowest BCUT2D eigenvalue weighted by atomic mass is 10.0. The van der Waals surface area contributed by atoms with Gasteiger partial charge in [-0.25, -0.2) is 0 Å². The summed E-state index contributed by atoms with van der Waals surface area (Å²) < 4.78 is 10.2. The van der Waals surface area contributed by atoms with Crippen molar-refractivity contribution in [2.45, 2.75) is 31.7 Å². The Labute approximate surface area is 96.9 Å². The van der Waals surface area contributed by atoms with E-state index in [4.69, 9.17) is 9.47 Å². The van der Waals surface area contributed by atoms with Gasteiger partial charge in [-0.3, -0.25) is 4.79 Å². The van der Waals surface area contributed by atoms with Gasteiger partial charge in [-0.1, -0.05) is 0 Å². The van der Waals surface area contributed by atoms with E-state index in [1.165, 1.54) is 7.11 Å². The first-order valence-corrected chi connectivity index (χ1v) is 6.04. The maximum absolute atomic E-state index is 11.6. The van der Waals surface area contributed by atoms with E-state index in [2.05, 4.69) is 11.9 Å². The van der Waals surface area contributed by atoms with Gasteiger partial charge in [-0.15, -0.1) is 0 Å². The van der Waals surface area contributed by atoms with Gasteiger partial charge in [0.1, 0.15) is 0 Å². The molecule has 0 radical (unpaired) electrons. The first-order chi connectivity index (χ1) is 7.68. The lowest BCUT2D eigenvalue weighted by Gasteiger charge is -2.33. The molecule has 2 aliphatic rings. The van der Waals surface area contributed by atoms with Crippen molar-refractivity contribution < 1.29 is 14.3 Å². The zero-order valence-corrected chi connectivity index (χ0v) is 10.2. The number of carbonyl (C=O) groups excluding carboxylic acids is 1. The zero-order valence-electron chi connectivity index (χ0n) is 10.2. The Morgan fingerprint density at radius 1 is 1.44 bits per heavy atom. The topological polar surface area (TPSA) is 38.8 Å². The number of nitrogens with zero attached hydrogens (tertiary/aromatic N) is 1. The Balaban J connectivity index is 1.86. The minimum absolute atomic E-state index is 0.0357. The van der Waals surface area contributed by atoms with Crippen molar-refractivity contribution in [2.75, 3.05) is 33.9 Å². The number of rotatable bonds is 4. The quantitative estimate of drug-likeness (QED) is 0.673. The van der Waals surface area contributed by atoms with Crippen LogP contribution in [0, 0.1) is 5.41 Å². The molecular formula is C12H21NO3. The van der Waals surface area contributed by atoms with Crippen LogP contribution in [0.1, 0.15) is 25.7 Å². The molecule has 0 spiro atoms. The summed E-state index contributed by atoms with van der Waals surface area (Å²) in [6.45, 7) is 2.53. The minimum atomic E-state index is -0.193. The van der Waals surface area contributed by atoms with E-state index >= 15 is 0 Å². The smallest absolute Gasteiger partial charge is 0.313 e. The molecule has 0 aromatic carbocycles. The van der Waals surface area contributed by atoms with Crippen LogP contribution in [-0.2, 0) is 14.3 Å². The van der Waals surface area contributed by atoms with Crippen LogP contribution in [0.15, 0.2) is 0 Å². The van der Waals surface area contributed by atoms with E-state index in [-0.39, 0.29) is 11.4 Å². The summed E-state index contributed by atoms with van der Waals surface area (Å²) in [6, 6.07) is 0.566. The minimum Gasteiger partial charge on any atom is -0.469 e. The molecule has 2 rings (SSSR count). The molecule has 1 saturated heterocycles. The molecule has 0 unspecified atom stereocenters. The third-order valence-electron chi connectivity index (χ3n) is 3.84. The van der Waals surface area contributed by atoms with Gasteiger partial charge in [0.05, 0.1) is 12.5 Å². The SMILES string of the molecule is COC(=O)C1(CN(C)C2CCOCC2)CC1. The zero-order chi connectivity index (χ0) is 11.6. The third kappa shape index (κ3) is 2.38. The van der Waals surface area contributed by atoms with E-state index in [1.807, 2.05) is 0 Å². The van der Waals surface area contributed by atoms with Gasteiger partial charge in [0, 0.05) is 25.8 Å². The average molecular weight is 227 g/mol. The second-order valence-electron chi connectivity index (χ2n) is 5.03. The van der Waals surface area contributed by atoms with Gasteiger partial charge < -0.3 is 14.4 Å². The third-order valence-corrected chi connectivity index (χ3v) is 3.84. The van der Waals surface area contributed by atoms with Crippen molar-refractivity contribution in [3.63, 3.8) is 0 Å². The van der Waals surface area contributed by atoms with Crippen LogP contribution in [0.2, 0.25) is 0 Å². The maximum atomic E-state index is 11.6. The molecule has 1 saturated carbocycles. The molecule has 0 bridgehead atoms. The Morgan fingerprint density at radius 2 is 2.06 bits per heavy atom. The highest BCUT2D eigenvalue weighted by molar-refractivity contribution is 5.80. The normalized spacial score (nSPS) is 24.4. The lowest BCUT2D eigenvalue weighted by molar-refractivity contribution is -0.148. The van der Waals surface area contributed by atoms with Crippen molar-refractivity contribution in [2.24, 2.45) is 5.41 Å². The Hall–Kier alpha value is -0.610. The molecule has 1 aliphatic carbocycles. The fourth-order valence-corrected chi connectivity index (χ4v) is 2.53. The van der Waals surface area contributed by atoms with Crippen LogP contribution in [0.5, 0.6) is 0 Å². The Bertz CT molecular complexity index is 257. The monoisotopic (exact) mass is 227 g/mol. The molecule has 16 heavy (non-hydrogen) atoms. The Kier molecular flexibility index (Phi) is 3.50. The summed E-state index contributed by atoms with van der Waals surface area (Å²) in [5.41, 5.74) is -0.193. The molecule has 4 heteroatoms. The predicted molar refractivity (Wildman–Crippen MR) is 60.2 cm³/mol. The van der Waals surface area contributed by atoms with Crippen LogP contribution < -0.4 is 0 Å². The van der Waals surface area contributed by atoms with E-state index < -0.39 is 0 Å². The van der Waals surface area contributed by atoms with E-state index in [0.29, 0.717) is 6.04 Å². The first-order valence-electron chi connectivity index (χ1n) is 6.04. The fourth-order valence-electron chi connectivity index (χ4n) is 2.53. The van der Waals surface area contributed by atoms with Crippen LogP contribution in [0.25, 0.3) is 0 Å². The predicted octanol–water partition coefficient (Wildman–Crippen LogP) is 1.05. The van der Waals surface area contributed by atoms with Crippen molar-refractivity contribution in [1.29, 1.82) is 0 Å². The fraction of sp³-hybridized carbons (Fsp3) is 0.917. The molecule has 0 atom stereocenters. The van der Waals surface area contributed by atoms with Gasteiger partial charge in [0.15, 0.2) is 0 Å². The lowest BCUT2D eigenvalue weighted by Crippen LogP contribution is -2.42. The molecule has 2 fully saturated rings. The summed E-state index contributed by atoms with van der Waals surface area (Å²) in [4.78, 5) is 14.0. The van der Waals surface area contributed by atoms with Crippen molar-refractivity contribution in [3.05, 3.63) is 0 Å². The van der Waals surface area contributed by atoms with Crippen LogP contribution in [0.3, 0.4) is 0 Å². The number of ether oxygens (including phenoxy) is 2. The van der Waals surface area contributed by atoms with Crippen molar-refractivity contribution in [3.8, 4) is 0 Å². The highest BCUT2D eigenvalue weighted by Crippen LogP contribution is 2.47. The van der Waals surface area contributed by atoms with Gasteiger partial charge in [0.25, 0.3) is 0 Å². The highest BCUT2D eigenvalue weighted by Gasteiger charge is 2.52. The van der Waals surface area contributed by atoms with Gasteiger partial charge >= 0.3 is 5.97 Å². The average Bonchev–Trinajstić information content (AvgIpc) is 3.10. The number of esters is 1. The number of methoxy groups -OCH3 is 1. The summed E-state index contributed by atoms with van der Waals surface area (Å²) in [5.74, 6) is -0.0357. The van der Waals surface area contributed by atoms with Gasteiger partial charge in [0.2, 0.25) is 0 Å². The molecular weight excluding hydrogens is 206 g/mol. The summed E-state index contributed by atoms with van der Waals surface area (Å²) in [6.07, 6.45) is 4.11. The Morgan fingerprint density at radius 3 is 2.56 bits per heavy atom. The summed E-state index contributed by atoms with van der Waals surface area (Å²) in [7, 11) is 3.59. The second kappa shape index (κ2) is 4.72. The first kappa shape index (κ1) is 11.9. The molecule has 0 N–H and O–H groups in total. The second-order valence-corrected chi connectivity index (χ2v) is 5.03. The van der Waals surface area contributed by atoms with Gasteiger partial charge in [-0.2, -0.15) is 0 Å². The number of hydrogen-bond acceptors (Lipinski definition) is 4. The standard InChI is InChI=1S/C12H21NO3/c1-13(10-3-7-16-8-4-10)9-12(5-6-12)11(14)15-2/h10H,3-9H2,1-2H3. The molecule has 4 nitrogen and oxygen atoms in total. The molecule has 0 aromatic heterocycles. The van der Waals surface area contributed by atoms with E-state index in [9.17, 15) is 4.79 Å². The maximum Gasteiger partial charge on any atom is 0.313 e. The number of hydrogen-bond donors (Lipinski definition) is 0. The van der Waals surface area contributed by atoms with Crippen molar-refractivity contribution in [1.82, 2.24) is 4.90 Å². The van der Waals surface area contributed by atoms with Gasteiger partial charge in [-0.05, 0) is 32.7 Å². The number of carbonyl (C=O) groups is 1. The van der Waals surface area contributed by atoms with Crippen molar-refractivity contribution >= 4 is 5.97 Å².